The first-order chi connectivity index (χ1) is 12.0. The maximum atomic E-state index is 12.5. The first kappa shape index (κ1) is 17.0. The largest absolute Gasteiger partial charge is 0.467 e. The van der Waals surface area contributed by atoms with Gasteiger partial charge in [-0.05, 0) is 49.2 Å². The topological polar surface area (TPSA) is 80.0 Å². The van der Waals surface area contributed by atoms with Gasteiger partial charge in [0.1, 0.15) is 5.76 Å². The van der Waals surface area contributed by atoms with Crippen molar-refractivity contribution in [1.29, 1.82) is 0 Å². The molecule has 2 heterocycles. The smallest absolute Gasteiger partial charge is 0.276 e. The monoisotopic (exact) mass is 356 g/mol. The predicted octanol–water partition coefficient (Wildman–Crippen LogP) is 4.20. The maximum Gasteiger partial charge on any atom is 0.276 e. The third kappa shape index (κ3) is 4.16. The number of hydrogen-bond acceptors (Lipinski definition) is 5. The number of benzene rings is 1. The lowest BCUT2D eigenvalue weighted by Crippen LogP contribution is -2.16. The van der Waals surface area contributed by atoms with Crippen LogP contribution in [0.25, 0.3) is 0 Å². The second-order valence-electron chi connectivity index (χ2n) is 5.58. The van der Waals surface area contributed by atoms with E-state index in [2.05, 4.69) is 20.6 Å². The number of amides is 1. The number of nitrogens with one attached hydrogen (secondary N) is 2. The third-order valence-corrected chi connectivity index (χ3v) is 4.00. The van der Waals surface area contributed by atoms with Crippen LogP contribution in [-0.4, -0.2) is 15.9 Å². The summed E-state index contributed by atoms with van der Waals surface area (Å²) in [6.07, 6.45) is 2.98. The molecule has 1 amide bonds. The van der Waals surface area contributed by atoms with Crippen LogP contribution in [0.3, 0.4) is 0 Å². The minimum atomic E-state index is -0.392. The Morgan fingerprint density at radius 2 is 2.08 bits per heavy atom. The van der Waals surface area contributed by atoms with Gasteiger partial charge in [-0.3, -0.25) is 4.79 Å². The van der Waals surface area contributed by atoms with Gasteiger partial charge in [0.05, 0.1) is 24.0 Å². The first-order valence-electron chi connectivity index (χ1n) is 7.70. The van der Waals surface area contributed by atoms with Crippen molar-refractivity contribution in [3.8, 4) is 0 Å². The fraction of sp³-hybridized carbons (Fsp3) is 0.167. The van der Waals surface area contributed by atoms with E-state index in [1.165, 1.54) is 6.20 Å². The molecule has 6 nitrogen and oxygen atoms in total. The van der Waals surface area contributed by atoms with E-state index < -0.39 is 5.91 Å². The Morgan fingerprint density at radius 3 is 2.80 bits per heavy atom. The van der Waals surface area contributed by atoms with Crippen molar-refractivity contribution < 1.29 is 9.21 Å². The fourth-order valence-electron chi connectivity index (χ4n) is 2.20. The molecule has 2 aromatic heterocycles. The zero-order chi connectivity index (χ0) is 17.8. The number of hydrogen-bond donors (Lipinski definition) is 2. The Bertz CT molecular complexity index is 894. The molecule has 0 fully saturated rings. The highest BCUT2D eigenvalue weighted by molar-refractivity contribution is 6.34. The summed E-state index contributed by atoms with van der Waals surface area (Å²) in [6, 6.07) is 9.31. The zero-order valence-corrected chi connectivity index (χ0v) is 14.6. The number of nitrogens with zero attached hydrogens (tertiary/aromatic N) is 2. The SMILES string of the molecule is Cc1ccc(NC(=O)c2nc(NCc3ccco3)ncc2Cl)cc1C. The summed E-state index contributed by atoms with van der Waals surface area (Å²) in [5, 5.41) is 5.98. The van der Waals surface area contributed by atoms with Crippen LogP contribution in [0.1, 0.15) is 27.4 Å². The Balaban J connectivity index is 1.74. The zero-order valence-electron chi connectivity index (χ0n) is 13.8. The standard InChI is InChI=1S/C18H17ClN4O2/c1-11-5-6-13(8-12(11)2)22-17(24)16-15(19)10-21-18(23-16)20-9-14-4-3-7-25-14/h3-8,10H,9H2,1-2H3,(H,22,24)(H,20,21,23). The average molecular weight is 357 g/mol. The molecule has 0 saturated carbocycles. The lowest BCUT2D eigenvalue weighted by Gasteiger charge is -2.09. The van der Waals surface area contributed by atoms with Crippen molar-refractivity contribution in [2.24, 2.45) is 0 Å². The number of carbonyl (C=O) groups is 1. The van der Waals surface area contributed by atoms with E-state index in [0.717, 1.165) is 16.9 Å². The van der Waals surface area contributed by atoms with Gasteiger partial charge in [-0.15, -0.1) is 0 Å². The van der Waals surface area contributed by atoms with E-state index in [9.17, 15) is 4.79 Å². The molecule has 0 atom stereocenters. The van der Waals surface area contributed by atoms with Crippen molar-refractivity contribution in [2.75, 3.05) is 10.6 Å². The van der Waals surface area contributed by atoms with Crippen molar-refractivity contribution in [2.45, 2.75) is 20.4 Å². The average Bonchev–Trinajstić information content (AvgIpc) is 3.11. The molecule has 128 valence electrons. The van der Waals surface area contributed by atoms with Crippen LogP contribution in [0, 0.1) is 13.8 Å². The van der Waals surface area contributed by atoms with Gasteiger partial charge in [-0.25, -0.2) is 9.97 Å². The molecule has 25 heavy (non-hydrogen) atoms. The summed E-state index contributed by atoms with van der Waals surface area (Å²) in [5.41, 5.74) is 3.04. The molecule has 0 aliphatic rings. The Labute approximate surface area is 150 Å². The Hall–Kier alpha value is -2.86. The van der Waals surface area contributed by atoms with Crippen LogP contribution in [0.5, 0.6) is 0 Å². The Kier molecular flexibility index (Phi) is 5.00. The molecule has 0 unspecified atom stereocenters. The molecule has 1 aromatic carbocycles. The van der Waals surface area contributed by atoms with E-state index >= 15 is 0 Å². The minimum absolute atomic E-state index is 0.108. The molecule has 0 bridgehead atoms. The van der Waals surface area contributed by atoms with Gasteiger partial charge in [0.2, 0.25) is 5.95 Å². The second-order valence-corrected chi connectivity index (χ2v) is 5.98. The molecule has 0 saturated heterocycles. The number of aromatic nitrogens is 2. The summed E-state index contributed by atoms with van der Waals surface area (Å²) in [5.74, 6) is 0.641. The summed E-state index contributed by atoms with van der Waals surface area (Å²) >= 11 is 6.08. The number of furan rings is 1. The van der Waals surface area contributed by atoms with Crippen LogP contribution in [-0.2, 0) is 6.54 Å². The lowest BCUT2D eigenvalue weighted by atomic mass is 10.1. The summed E-state index contributed by atoms with van der Waals surface area (Å²) in [4.78, 5) is 20.8. The quantitative estimate of drug-likeness (QED) is 0.716. The Morgan fingerprint density at radius 1 is 1.24 bits per heavy atom. The van der Waals surface area contributed by atoms with Crippen LogP contribution in [0.15, 0.2) is 47.2 Å². The van der Waals surface area contributed by atoms with Gasteiger partial charge in [0.25, 0.3) is 5.91 Å². The highest BCUT2D eigenvalue weighted by atomic mass is 35.5. The van der Waals surface area contributed by atoms with Gasteiger partial charge in [0, 0.05) is 5.69 Å². The number of halogens is 1. The van der Waals surface area contributed by atoms with Crippen molar-refractivity contribution in [3.63, 3.8) is 0 Å². The van der Waals surface area contributed by atoms with E-state index in [0.29, 0.717) is 18.2 Å². The molecule has 2 N–H and O–H groups in total. The van der Waals surface area contributed by atoms with E-state index in [1.807, 2.05) is 38.1 Å². The van der Waals surface area contributed by atoms with E-state index in [4.69, 9.17) is 16.0 Å². The number of aryl methyl sites for hydroxylation is 2. The fourth-order valence-corrected chi connectivity index (χ4v) is 2.38. The third-order valence-electron chi connectivity index (χ3n) is 3.72. The second kappa shape index (κ2) is 7.36. The highest BCUT2D eigenvalue weighted by Crippen LogP contribution is 2.19. The number of carbonyl (C=O) groups excluding carboxylic acids is 1. The molecule has 0 aliphatic heterocycles. The summed E-state index contributed by atoms with van der Waals surface area (Å²) in [6.45, 7) is 4.41. The van der Waals surface area contributed by atoms with Gasteiger partial charge in [-0.1, -0.05) is 17.7 Å². The van der Waals surface area contributed by atoms with Crippen LogP contribution >= 0.6 is 11.6 Å². The number of anilines is 2. The minimum Gasteiger partial charge on any atom is -0.467 e. The predicted molar refractivity (Wildman–Crippen MR) is 96.9 cm³/mol. The normalized spacial score (nSPS) is 10.5. The lowest BCUT2D eigenvalue weighted by molar-refractivity contribution is 0.102. The molecule has 3 rings (SSSR count). The van der Waals surface area contributed by atoms with Crippen molar-refractivity contribution >= 4 is 29.1 Å². The molecule has 0 aliphatic carbocycles. The molecule has 3 aromatic rings. The summed E-state index contributed by atoms with van der Waals surface area (Å²) < 4.78 is 5.23. The molecular formula is C18H17ClN4O2. The molecule has 0 spiro atoms. The molecule has 7 heteroatoms. The van der Waals surface area contributed by atoms with Gasteiger partial charge >= 0.3 is 0 Å². The van der Waals surface area contributed by atoms with Gasteiger partial charge in [0.15, 0.2) is 5.69 Å². The molecular weight excluding hydrogens is 340 g/mol. The highest BCUT2D eigenvalue weighted by Gasteiger charge is 2.15. The van der Waals surface area contributed by atoms with E-state index in [1.54, 1.807) is 12.3 Å². The van der Waals surface area contributed by atoms with Crippen LogP contribution in [0.2, 0.25) is 5.02 Å². The number of rotatable bonds is 5. The van der Waals surface area contributed by atoms with Crippen LogP contribution in [0.4, 0.5) is 11.6 Å². The van der Waals surface area contributed by atoms with Crippen LogP contribution < -0.4 is 10.6 Å². The van der Waals surface area contributed by atoms with E-state index in [-0.39, 0.29) is 10.7 Å². The summed E-state index contributed by atoms with van der Waals surface area (Å²) in [7, 11) is 0. The molecule has 0 radical (unpaired) electrons. The van der Waals surface area contributed by atoms with Crippen molar-refractivity contribution in [1.82, 2.24) is 9.97 Å². The first-order valence-corrected chi connectivity index (χ1v) is 8.08. The van der Waals surface area contributed by atoms with Gasteiger partial charge < -0.3 is 15.1 Å². The van der Waals surface area contributed by atoms with Crippen molar-refractivity contribution in [3.05, 3.63) is 70.4 Å². The maximum absolute atomic E-state index is 12.5. The van der Waals surface area contributed by atoms with Gasteiger partial charge in [-0.2, -0.15) is 0 Å².